The predicted molar refractivity (Wildman–Crippen MR) is 111 cm³/mol. The molecule has 7 nitrogen and oxygen atoms in total. The van der Waals surface area contributed by atoms with E-state index in [2.05, 4.69) is 27.9 Å². The number of halogens is 1. The van der Waals surface area contributed by atoms with Gasteiger partial charge >= 0.3 is 0 Å². The maximum absolute atomic E-state index is 12.0. The third-order valence-corrected chi connectivity index (χ3v) is 4.73. The minimum atomic E-state index is -0.171. The molecule has 3 unspecified atom stereocenters. The van der Waals surface area contributed by atoms with Crippen molar-refractivity contribution in [1.29, 1.82) is 0 Å². The highest BCUT2D eigenvalue weighted by Crippen LogP contribution is 2.34. The van der Waals surface area contributed by atoms with Crippen LogP contribution in [-0.2, 0) is 4.74 Å². The topological polar surface area (TPSA) is 87.9 Å². The standard InChI is InChI=1S/C18H28N4O3.HI/c1-3-19-18(22-14-11-13-5-6-15(14)25-13)21-9-4-8-20-17(23)16-12(2)7-10-24-16;/h7,10,13-15H,3-6,8-9,11H2,1-2H3,(H,20,23)(H2,19,21,22);1H. The highest BCUT2D eigenvalue weighted by molar-refractivity contribution is 14.0. The molecule has 2 aliphatic rings. The second-order valence-electron chi connectivity index (χ2n) is 6.66. The molecule has 26 heavy (non-hydrogen) atoms. The number of hydrogen-bond acceptors (Lipinski definition) is 4. The Kier molecular flexibility index (Phi) is 8.20. The molecule has 2 bridgehead atoms. The molecule has 1 aromatic rings. The van der Waals surface area contributed by atoms with Crippen molar-refractivity contribution in [3.05, 3.63) is 23.7 Å². The first kappa shape index (κ1) is 21.0. The lowest BCUT2D eigenvalue weighted by atomic mass is 9.96. The number of nitrogens with zero attached hydrogens (tertiary/aromatic N) is 1. The van der Waals surface area contributed by atoms with Gasteiger partial charge in [-0.3, -0.25) is 9.79 Å². The number of carbonyl (C=O) groups is 1. The Labute approximate surface area is 171 Å². The van der Waals surface area contributed by atoms with E-state index in [1.165, 1.54) is 12.7 Å². The van der Waals surface area contributed by atoms with Crippen molar-refractivity contribution in [2.45, 2.75) is 57.8 Å². The molecule has 2 fully saturated rings. The molecule has 2 saturated heterocycles. The summed E-state index contributed by atoms with van der Waals surface area (Å²) in [6, 6.07) is 2.14. The largest absolute Gasteiger partial charge is 0.459 e. The molecule has 0 spiro atoms. The molecule has 8 heteroatoms. The number of aryl methyl sites for hydroxylation is 1. The predicted octanol–water partition coefficient (Wildman–Crippen LogP) is 2.20. The number of furan rings is 1. The smallest absolute Gasteiger partial charge is 0.287 e. The van der Waals surface area contributed by atoms with E-state index in [9.17, 15) is 4.79 Å². The van der Waals surface area contributed by atoms with Crippen LogP contribution in [0.25, 0.3) is 0 Å². The summed E-state index contributed by atoms with van der Waals surface area (Å²) in [4.78, 5) is 16.6. The van der Waals surface area contributed by atoms with Gasteiger partial charge in [-0.15, -0.1) is 24.0 Å². The summed E-state index contributed by atoms with van der Waals surface area (Å²) in [5.74, 6) is 1.04. The number of fused-ring (bicyclic) bond motifs is 2. The average Bonchev–Trinajstić information content (AvgIpc) is 3.31. The van der Waals surface area contributed by atoms with Gasteiger partial charge in [0.2, 0.25) is 0 Å². The number of aliphatic imine (C=N–C) groups is 1. The van der Waals surface area contributed by atoms with Crippen LogP contribution in [-0.4, -0.2) is 49.8 Å². The minimum Gasteiger partial charge on any atom is -0.459 e. The van der Waals surface area contributed by atoms with Crippen LogP contribution in [0, 0.1) is 6.92 Å². The van der Waals surface area contributed by atoms with Crippen LogP contribution in [0.15, 0.2) is 21.7 Å². The fourth-order valence-corrected chi connectivity index (χ4v) is 3.44. The maximum atomic E-state index is 12.0. The van der Waals surface area contributed by atoms with Crippen molar-refractivity contribution < 1.29 is 13.9 Å². The van der Waals surface area contributed by atoms with Crippen LogP contribution in [0.3, 0.4) is 0 Å². The molecule has 3 heterocycles. The Morgan fingerprint density at radius 2 is 2.19 bits per heavy atom. The molecule has 1 amide bonds. The fraction of sp³-hybridized carbons (Fsp3) is 0.667. The molecule has 0 aromatic carbocycles. The van der Waals surface area contributed by atoms with Crippen molar-refractivity contribution in [2.24, 2.45) is 4.99 Å². The van der Waals surface area contributed by atoms with Crippen LogP contribution in [0.5, 0.6) is 0 Å². The summed E-state index contributed by atoms with van der Waals surface area (Å²) >= 11 is 0. The first-order valence-electron chi connectivity index (χ1n) is 9.20. The second kappa shape index (κ2) is 10.1. The van der Waals surface area contributed by atoms with E-state index in [0.29, 0.717) is 37.1 Å². The van der Waals surface area contributed by atoms with E-state index in [-0.39, 0.29) is 29.9 Å². The average molecular weight is 476 g/mol. The molecule has 3 N–H and O–H groups in total. The third-order valence-electron chi connectivity index (χ3n) is 4.73. The number of guanidine groups is 1. The third kappa shape index (κ3) is 5.35. The van der Waals surface area contributed by atoms with Gasteiger partial charge in [0.05, 0.1) is 24.5 Å². The Morgan fingerprint density at radius 1 is 1.35 bits per heavy atom. The lowest BCUT2D eigenvalue weighted by Gasteiger charge is -2.22. The Balaban J connectivity index is 0.00000243. The number of ether oxygens (including phenoxy) is 1. The summed E-state index contributed by atoms with van der Waals surface area (Å²) in [6.45, 7) is 5.95. The minimum absolute atomic E-state index is 0. The first-order chi connectivity index (χ1) is 12.2. The van der Waals surface area contributed by atoms with E-state index in [0.717, 1.165) is 37.3 Å². The Bertz CT molecular complexity index is 619. The van der Waals surface area contributed by atoms with Gasteiger partial charge in [-0.25, -0.2) is 0 Å². The van der Waals surface area contributed by atoms with E-state index in [1.807, 2.05) is 6.92 Å². The number of nitrogens with one attached hydrogen (secondary N) is 3. The molecule has 0 saturated carbocycles. The molecule has 1 aromatic heterocycles. The van der Waals surface area contributed by atoms with Gasteiger partial charge in [-0.05, 0) is 45.6 Å². The van der Waals surface area contributed by atoms with Crippen molar-refractivity contribution in [1.82, 2.24) is 16.0 Å². The van der Waals surface area contributed by atoms with E-state index in [1.54, 1.807) is 6.07 Å². The van der Waals surface area contributed by atoms with Crippen molar-refractivity contribution >= 4 is 35.8 Å². The summed E-state index contributed by atoms with van der Waals surface area (Å²) in [7, 11) is 0. The quantitative estimate of drug-likeness (QED) is 0.243. The first-order valence-corrected chi connectivity index (χ1v) is 9.20. The van der Waals surface area contributed by atoms with Crippen molar-refractivity contribution in [3.63, 3.8) is 0 Å². The molecular weight excluding hydrogens is 447 g/mol. The number of carbonyl (C=O) groups excluding carboxylic acids is 1. The lowest BCUT2D eigenvalue weighted by molar-refractivity contribution is 0.0924. The zero-order chi connectivity index (χ0) is 17.6. The number of amides is 1. The van der Waals surface area contributed by atoms with Gasteiger partial charge in [0.25, 0.3) is 5.91 Å². The van der Waals surface area contributed by atoms with Crippen LogP contribution in [0.4, 0.5) is 0 Å². The van der Waals surface area contributed by atoms with Gasteiger partial charge in [0, 0.05) is 25.2 Å². The molecule has 0 aliphatic carbocycles. The molecular formula is C18H29IN4O3. The monoisotopic (exact) mass is 476 g/mol. The number of rotatable bonds is 7. The van der Waals surface area contributed by atoms with Crippen molar-refractivity contribution in [3.8, 4) is 0 Å². The number of hydrogen-bond donors (Lipinski definition) is 3. The van der Waals surface area contributed by atoms with Crippen LogP contribution >= 0.6 is 24.0 Å². The SMILES string of the molecule is CCNC(=NCCCNC(=O)c1occc1C)NC1CC2CCC1O2.I. The molecule has 146 valence electrons. The Hall–Kier alpha value is -1.29. The summed E-state index contributed by atoms with van der Waals surface area (Å²) in [6.07, 6.45) is 6.44. The summed E-state index contributed by atoms with van der Waals surface area (Å²) < 4.78 is 11.1. The van der Waals surface area contributed by atoms with Crippen LogP contribution in [0.2, 0.25) is 0 Å². The highest BCUT2D eigenvalue weighted by atomic mass is 127. The van der Waals surface area contributed by atoms with E-state index >= 15 is 0 Å². The van der Waals surface area contributed by atoms with Crippen LogP contribution in [0.1, 0.15) is 48.7 Å². The highest BCUT2D eigenvalue weighted by Gasteiger charge is 2.41. The molecule has 0 radical (unpaired) electrons. The maximum Gasteiger partial charge on any atom is 0.287 e. The van der Waals surface area contributed by atoms with Gasteiger partial charge in [0.15, 0.2) is 11.7 Å². The lowest BCUT2D eigenvalue weighted by Crippen LogP contribution is -2.47. The molecule has 3 rings (SSSR count). The normalized spacial score (nSPS) is 24.2. The zero-order valence-electron chi connectivity index (χ0n) is 15.4. The van der Waals surface area contributed by atoms with Crippen LogP contribution < -0.4 is 16.0 Å². The van der Waals surface area contributed by atoms with Crippen molar-refractivity contribution in [2.75, 3.05) is 19.6 Å². The summed E-state index contributed by atoms with van der Waals surface area (Å²) in [5, 5.41) is 9.63. The zero-order valence-corrected chi connectivity index (χ0v) is 17.7. The molecule has 3 atom stereocenters. The van der Waals surface area contributed by atoms with Gasteiger partial charge in [-0.1, -0.05) is 0 Å². The van der Waals surface area contributed by atoms with Gasteiger partial charge in [0.1, 0.15) is 0 Å². The van der Waals surface area contributed by atoms with Gasteiger partial charge < -0.3 is 25.1 Å². The second-order valence-corrected chi connectivity index (χ2v) is 6.66. The van der Waals surface area contributed by atoms with E-state index in [4.69, 9.17) is 9.15 Å². The Morgan fingerprint density at radius 3 is 2.81 bits per heavy atom. The van der Waals surface area contributed by atoms with Gasteiger partial charge in [-0.2, -0.15) is 0 Å². The fourth-order valence-electron chi connectivity index (χ4n) is 3.44. The summed E-state index contributed by atoms with van der Waals surface area (Å²) in [5.41, 5.74) is 0.849. The van der Waals surface area contributed by atoms with E-state index < -0.39 is 0 Å². The molecule has 2 aliphatic heterocycles.